The lowest BCUT2D eigenvalue weighted by Gasteiger charge is -2.34. The van der Waals surface area contributed by atoms with Gasteiger partial charge in [0.2, 0.25) is 3.79 Å². The average molecular weight is 245 g/mol. The second-order valence-electron chi connectivity index (χ2n) is 2.50. The minimum atomic E-state index is -1.64. The molecule has 0 aromatic rings. The summed E-state index contributed by atoms with van der Waals surface area (Å²) in [6.07, 6.45) is -0.829. The van der Waals surface area contributed by atoms with Crippen LogP contribution in [-0.2, 0) is 14.3 Å². The van der Waals surface area contributed by atoms with Crippen LogP contribution in [0.5, 0.6) is 0 Å². The molecule has 3 nitrogen and oxygen atoms in total. The second kappa shape index (κ2) is 3.56. The summed E-state index contributed by atoms with van der Waals surface area (Å²) in [5.74, 6) is -0.0942. The standard InChI is InChI=1S/C7H7Cl3O3/c1-3(12-2)4-5(7(8,9)10)13-6(4)11/h5H,1-2H3/b4-3-. The molecule has 0 spiro atoms. The van der Waals surface area contributed by atoms with Gasteiger partial charge in [0, 0.05) is 0 Å². The fraction of sp³-hybridized carbons (Fsp3) is 0.571. The highest BCUT2D eigenvalue weighted by Gasteiger charge is 2.50. The van der Waals surface area contributed by atoms with Crippen LogP contribution in [-0.4, -0.2) is 23.0 Å². The first-order valence-corrected chi connectivity index (χ1v) is 4.53. The van der Waals surface area contributed by atoms with E-state index in [-0.39, 0.29) is 5.57 Å². The first-order valence-electron chi connectivity index (χ1n) is 3.40. The van der Waals surface area contributed by atoms with Gasteiger partial charge in [-0.3, -0.25) is 0 Å². The van der Waals surface area contributed by atoms with Gasteiger partial charge in [-0.15, -0.1) is 0 Å². The van der Waals surface area contributed by atoms with E-state index in [1.54, 1.807) is 6.92 Å². The lowest BCUT2D eigenvalue weighted by molar-refractivity contribution is -0.156. The van der Waals surface area contributed by atoms with Crippen LogP contribution >= 0.6 is 34.8 Å². The number of hydrogen-bond donors (Lipinski definition) is 0. The topological polar surface area (TPSA) is 35.5 Å². The van der Waals surface area contributed by atoms with Gasteiger partial charge in [0.1, 0.15) is 11.3 Å². The summed E-state index contributed by atoms with van der Waals surface area (Å²) in [6, 6.07) is 0. The van der Waals surface area contributed by atoms with Gasteiger partial charge in [0.05, 0.1) is 7.11 Å². The third-order valence-corrected chi connectivity index (χ3v) is 2.28. The number of ether oxygens (including phenoxy) is 2. The maximum atomic E-state index is 11.0. The number of carbonyl (C=O) groups excluding carboxylic acids is 1. The van der Waals surface area contributed by atoms with Crippen molar-refractivity contribution in [3.05, 3.63) is 11.3 Å². The number of esters is 1. The predicted octanol–water partition coefficient (Wildman–Crippen LogP) is 2.20. The minimum absolute atomic E-state index is 0.280. The van der Waals surface area contributed by atoms with Crippen molar-refractivity contribution in [2.45, 2.75) is 16.8 Å². The predicted molar refractivity (Wildman–Crippen MR) is 49.9 cm³/mol. The number of methoxy groups -OCH3 is 1. The number of halogens is 3. The molecule has 6 heteroatoms. The Labute approximate surface area is 90.5 Å². The molecular weight excluding hydrogens is 238 g/mol. The molecule has 1 atom stereocenters. The van der Waals surface area contributed by atoms with Crippen LogP contribution in [0.4, 0.5) is 0 Å². The van der Waals surface area contributed by atoms with E-state index < -0.39 is 15.9 Å². The van der Waals surface area contributed by atoms with Crippen molar-refractivity contribution < 1.29 is 14.3 Å². The first-order chi connectivity index (χ1) is 5.88. The Bertz CT molecular complexity index is 267. The van der Waals surface area contributed by atoms with Crippen LogP contribution in [0, 0.1) is 0 Å². The number of alkyl halides is 3. The van der Waals surface area contributed by atoms with Gasteiger partial charge in [0.25, 0.3) is 0 Å². The van der Waals surface area contributed by atoms with Crippen LogP contribution < -0.4 is 0 Å². The maximum Gasteiger partial charge on any atom is 0.342 e. The summed E-state index contributed by atoms with van der Waals surface area (Å²) < 4.78 is 7.88. The molecule has 0 aromatic carbocycles. The van der Waals surface area contributed by atoms with E-state index >= 15 is 0 Å². The molecule has 0 aliphatic carbocycles. The average Bonchev–Trinajstić information content (AvgIpc) is 1.97. The lowest BCUT2D eigenvalue weighted by atomic mass is 10.1. The van der Waals surface area contributed by atoms with Crippen LogP contribution in [0.1, 0.15) is 6.92 Å². The second-order valence-corrected chi connectivity index (χ2v) is 4.87. The Balaban J connectivity index is 2.91. The summed E-state index contributed by atoms with van der Waals surface area (Å²) in [5.41, 5.74) is 0.280. The van der Waals surface area contributed by atoms with Gasteiger partial charge >= 0.3 is 5.97 Å². The Hall–Kier alpha value is -0.120. The van der Waals surface area contributed by atoms with Gasteiger partial charge in [-0.05, 0) is 6.92 Å². The van der Waals surface area contributed by atoms with Crippen molar-refractivity contribution in [3.8, 4) is 0 Å². The van der Waals surface area contributed by atoms with Crippen LogP contribution in [0.3, 0.4) is 0 Å². The summed E-state index contributed by atoms with van der Waals surface area (Å²) in [5, 5.41) is 0. The molecule has 0 bridgehead atoms. The van der Waals surface area contributed by atoms with Crippen molar-refractivity contribution in [2.24, 2.45) is 0 Å². The molecule has 1 saturated heterocycles. The van der Waals surface area contributed by atoms with E-state index in [4.69, 9.17) is 39.5 Å². The molecule has 0 radical (unpaired) electrons. The molecule has 1 heterocycles. The Kier molecular flexibility index (Phi) is 3.00. The Morgan fingerprint density at radius 1 is 1.54 bits per heavy atom. The quantitative estimate of drug-likeness (QED) is 0.307. The molecule has 1 fully saturated rings. The van der Waals surface area contributed by atoms with E-state index in [1.807, 2.05) is 0 Å². The van der Waals surface area contributed by atoms with Gasteiger partial charge in [0.15, 0.2) is 6.10 Å². The van der Waals surface area contributed by atoms with Crippen molar-refractivity contribution in [3.63, 3.8) is 0 Å². The first kappa shape index (κ1) is 11.0. The molecular formula is C7H7Cl3O3. The van der Waals surface area contributed by atoms with Crippen LogP contribution in [0.25, 0.3) is 0 Å². The molecule has 1 aliphatic rings. The van der Waals surface area contributed by atoms with Crippen LogP contribution in [0.2, 0.25) is 0 Å². The molecule has 0 aromatic heterocycles. The van der Waals surface area contributed by atoms with E-state index in [0.717, 1.165) is 0 Å². The lowest BCUT2D eigenvalue weighted by Crippen LogP contribution is -2.46. The molecule has 0 N–H and O–H groups in total. The van der Waals surface area contributed by atoms with Gasteiger partial charge in [-0.25, -0.2) is 4.79 Å². The molecule has 1 aliphatic heterocycles. The summed E-state index contributed by atoms with van der Waals surface area (Å²) in [4.78, 5) is 11.0. The van der Waals surface area contributed by atoms with Gasteiger partial charge < -0.3 is 9.47 Å². The fourth-order valence-electron chi connectivity index (χ4n) is 0.947. The third-order valence-electron chi connectivity index (χ3n) is 1.69. The van der Waals surface area contributed by atoms with Gasteiger partial charge in [-0.1, -0.05) is 34.8 Å². The molecule has 0 saturated carbocycles. The molecule has 13 heavy (non-hydrogen) atoms. The Morgan fingerprint density at radius 2 is 2.08 bits per heavy atom. The summed E-state index contributed by atoms with van der Waals surface area (Å²) in [6.45, 7) is 1.61. The zero-order chi connectivity index (χ0) is 10.2. The monoisotopic (exact) mass is 244 g/mol. The SMILES string of the molecule is CO/C(C)=C1\C(=O)OC1C(Cl)(Cl)Cl. The Morgan fingerprint density at radius 3 is 2.38 bits per heavy atom. The number of carbonyl (C=O) groups is 1. The molecule has 0 amide bonds. The van der Waals surface area contributed by atoms with Crippen molar-refractivity contribution >= 4 is 40.8 Å². The van der Waals surface area contributed by atoms with Crippen molar-refractivity contribution in [1.29, 1.82) is 0 Å². The number of allylic oxidation sites excluding steroid dienone is 1. The normalized spacial score (nSPS) is 26.2. The molecule has 1 unspecified atom stereocenters. The van der Waals surface area contributed by atoms with Crippen molar-refractivity contribution in [1.82, 2.24) is 0 Å². The van der Waals surface area contributed by atoms with Crippen LogP contribution in [0.15, 0.2) is 11.3 Å². The fourth-order valence-corrected chi connectivity index (χ4v) is 1.41. The highest BCUT2D eigenvalue weighted by atomic mass is 35.6. The number of cyclic esters (lactones) is 1. The smallest absolute Gasteiger partial charge is 0.342 e. The molecule has 1 rings (SSSR count). The largest absolute Gasteiger partial charge is 0.501 e. The molecule has 74 valence electrons. The third kappa shape index (κ3) is 2.03. The zero-order valence-corrected chi connectivity index (χ0v) is 9.20. The number of hydrogen-bond acceptors (Lipinski definition) is 3. The minimum Gasteiger partial charge on any atom is -0.501 e. The van der Waals surface area contributed by atoms with E-state index in [1.165, 1.54) is 7.11 Å². The highest BCUT2D eigenvalue weighted by Crippen LogP contribution is 2.42. The summed E-state index contributed by atoms with van der Waals surface area (Å²) in [7, 11) is 1.43. The zero-order valence-electron chi connectivity index (χ0n) is 6.94. The summed E-state index contributed by atoms with van der Waals surface area (Å²) >= 11 is 16.7. The van der Waals surface area contributed by atoms with E-state index in [0.29, 0.717) is 5.76 Å². The van der Waals surface area contributed by atoms with E-state index in [9.17, 15) is 4.79 Å². The van der Waals surface area contributed by atoms with Crippen molar-refractivity contribution in [2.75, 3.05) is 7.11 Å². The highest BCUT2D eigenvalue weighted by molar-refractivity contribution is 6.68. The maximum absolute atomic E-state index is 11.0. The number of rotatable bonds is 1. The van der Waals surface area contributed by atoms with Gasteiger partial charge in [-0.2, -0.15) is 0 Å². The van der Waals surface area contributed by atoms with E-state index in [2.05, 4.69) is 4.74 Å².